The van der Waals surface area contributed by atoms with Gasteiger partial charge in [0.25, 0.3) is 0 Å². The van der Waals surface area contributed by atoms with Crippen molar-refractivity contribution < 1.29 is 19.1 Å². The van der Waals surface area contributed by atoms with Crippen molar-refractivity contribution in [3.63, 3.8) is 0 Å². The van der Waals surface area contributed by atoms with Crippen molar-refractivity contribution in [2.45, 2.75) is 45.8 Å². The van der Waals surface area contributed by atoms with Crippen LogP contribution in [0.5, 0.6) is 0 Å². The summed E-state index contributed by atoms with van der Waals surface area (Å²) in [6.07, 6.45) is -1.75. The van der Waals surface area contributed by atoms with Crippen molar-refractivity contribution in [2.75, 3.05) is 13.1 Å². The van der Waals surface area contributed by atoms with Crippen LogP contribution in [0.1, 0.15) is 33.6 Å². The van der Waals surface area contributed by atoms with Crippen molar-refractivity contribution in [2.24, 2.45) is 5.41 Å². The topological polar surface area (TPSA) is 69.6 Å². The number of alkyl halides is 1. The summed E-state index contributed by atoms with van der Waals surface area (Å²) in [6, 6.07) is -0.891. The van der Waals surface area contributed by atoms with Gasteiger partial charge in [0.05, 0.1) is 6.54 Å². The number of carboxylic acid groups (broad SMARTS) is 1. The van der Waals surface area contributed by atoms with Gasteiger partial charge in [-0.15, -0.1) is 0 Å². The van der Waals surface area contributed by atoms with Gasteiger partial charge >= 0.3 is 6.09 Å². The van der Waals surface area contributed by atoms with Gasteiger partial charge in [-0.1, -0.05) is 20.8 Å². The molecule has 5 nitrogen and oxygen atoms in total. The normalized spacial score (nSPS) is 24.1. The van der Waals surface area contributed by atoms with Crippen LogP contribution in [-0.4, -0.2) is 47.3 Å². The minimum atomic E-state index is -1.25. The molecule has 18 heavy (non-hydrogen) atoms. The van der Waals surface area contributed by atoms with E-state index in [1.807, 2.05) is 0 Å². The zero-order valence-electron chi connectivity index (χ0n) is 11.1. The number of carbonyl (C=O) groups excluding carboxylic acids is 1. The Hall–Kier alpha value is -1.33. The van der Waals surface area contributed by atoms with Crippen molar-refractivity contribution in [3.05, 3.63) is 0 Å². The lowest BCUT2D eigenvalue weighted by Crippen LogP contribution is -2.45. The van der Waals surface area contributed by atoms with Gasteiger partial charge in [0.1, 0.15) is 12.2 Å². The van der Waals surface area contributed by atoms with Crippen LogP contribution in [0, 0.1) is 5.41 Å². The molecular formula is C12H21FN2O3. The van der Waals surface area contributed by atoms with Gasteiger partial charge in [0.15, 0.2) is 0 Å². The lowest BCUT2D eigenvalue weighted by Gasteiger charge is -2.22. The van der Waals surface area contributed by atoms with E-state index >= 15 is 0 Å². The first-order valence-corrected chi connectivity index (χ1v) is 6.12. The molecule has 0 radical (unpaired) electrons. The van der Waals surface area contributed by atoms with E-state index in [-0.39, 0.29) is 18.4 Å². The average molecular weight is 260 g/mol. The van der Waals surface area contributed by atoms with E-state index in [0.717, 1.165) is 11.3 Å². The zero-order chi connectivity index (χ0) is 13.9. The predicted octanol–water partition coefficient (Wildman–Crippen LogP) is 1.63. The molecule has 1 aliphatic heterocycles. The molecule has 0 spiro atoms. The van der Waals surface area contributed by atoms with Gasteiger partial charge in [-0.25, -0.2) is 9.18 Å². The third-order valence-corrected chi connectivity index (χ3v) is 2.97. The van der Waals surface area contributed by atoms with E-state index in [1.54, 1.807) is 0 Å². The highest BCUT2D eigenvalue weighted by atomic mass is 19.1. The number of hydrogen-bond donors (Lipinski definition) is 2. The molecule has 1 rings (SSSR count). The first kappa shape index (κ1) is 14.7. The number of nitrogens with one attached hydrogen (secondary N) is 1. The summed E-state index contributed by atoms with van der Waals surface area (Å²) in [5.74, 6) is -0.401. The van der Waals surface area contributed by atoms with E-state index in [9.17, 15) is 14.0 Å². The van der Waals surface area contributed by atoms with Gasteiger partial charge < -0.3 is 10.4 Å². The van der Waals surface area contributed by atoms with Gasteiger partial charge in [0, 0.05) is 13.0 Å². The van der Waals surface area contributed by atoms with E-state index in [2.05, 4.69) is 26.1 Å². The fourth-order valence-corrected chi connectivity index (χ4v) is 1.92. The molecule has 0 aromatic heterocycles. The smallest absolute Gasteiger partial charge is 0.408 e. The van der Waals surface area contributed by atoms with Crippen LogP contribution in [-0.2, 0) is 4.79 Å². The number of halogens is 1. The molecule has 2 N–H and O–H groups in total. The molecule has 0 unspecified atom stereocenters. The number of nitrogens with zero attached hydrogens (tertiary/aromatic N) is 1. The lowest BCUT2D eigenvalue weighted by molar-refractivity contribution is -0.125. The second kappa shape index (κ2) is 5.54. The van der Waals surface area contributed by atoms with Crippen molar-refractivity contribution in [1.82, 2.24) is 10.2 Å². The number of rotatable bonds is 3. The van der Waals surface area contributed by atoms with Gasteiger partial charge in [-0.2, -0.15) is 0 Å². The maximum atomic E-state index is 13.2. The number of carbonyl (C=O) groups is 2. The maximum absolute atomic E-state index is 13.2. The highest BCUT2D eigenvalue weighted by Crippen LogP contribution is 2.21. The molecule has 0 aromatic rings. The fraction of sp³-hybridized carbons (Fsp3) is 0.833. The van der Waals surface area contributed by atoms with Crippen molar-refractivity contribution in [3.8, 4) is 0 Å². The minimum Gasteiger partial charge on any atom is -0.465 e. The van der Waals surface area contributed by atoms with Crippen LogP contribution in [0.25, 0.3) is 0 Å². The molecule has 2 amide bonds. The molecule has 1 heterocycles. The number of hydrogen-bond acceptors (Lipinski definition) is 2. The maximum Gasteiger partial charge on any atom is 0.408 e. The Morgan fingerprint density at radius 2 is 2.06 bits per heavy atom. The van der Waals surface area contributed by atoms with Crippen LogP contribution in [0.15, 0.2) is 0 Å². The largest absolute Gasteiger partial charge is 0.465 e. The van der Waals surface area contributed by atoms with Gasteiger partial charge in [-0.05, 0) is 11.8 Å². The molecule has 1 fully saturated rings. The summed E-state index contributed by atoms with van der Waals surface area (Å²) in [5.41, 5.74) is 0.0953. The molecular weight excluding hydrogens is 239 g/mol. The highest BCUT2D eigenvalue weighted by Gasteiger charge is 2.39. The standard InChI is InChI=1S/C12H21FN2O3/c1-12(2,3)4-5-14-10(16)9-6-8(13)7-15(9)11(17)18/h8-9H,4-7H2,1-3H3,(H,14,16)(H,17,18)/t8-,9+/m1/s1. The molecule has 0 aromatic carbocycles. The monoisotopic (exact) mass is 260 g/mol. The van der Waals surface area contributed by atoms with Gasteiger partial charge in [-0.3, -0.25) is 9.69 Å². The van der Waals surface area contributed by atoms with Crippen LogP contribution < -0.4 is 5.32 Å². The Kier molecular flexibility index (Phi) is 4.53. The molecule has 1 aliphatic rings. The lowest BCUT2D eigenvalue weighted by atomic mass is 9.92. The Bertz CT molecular complexity index is 328. The summed E-state index contributed by atoms with van der Waals surface area (Å²) in [7, 11) is 0. The van der Waals surface area contributed by atoms with E-state index in [1.165, 1.54) is 0 Å². The van der Waals surface area contributed by atoms with Crippen molar-refractivity contribution in [1.29, 1.82) is 0 Å². The molecule has 6 heteroatoms. The van der Waals surface area contributed by atoms with Crippen LogP contribution in [0.4, 0.5) is 9.18 Å². The molecule has 104 valence electrons. The van der Waals surface area contributed by atoms with Gasteiger partial charge in [0.2, 0.25) is 5.91 Å². The third-order valence-electron chi connectivity index (χ3n) is 2.97. The molecule has 0 saturated carbocycles. The first-order chi connectivity index (χ1) is 8.20. The molecule has 2 atom stereocenters. The minimum absolute atomic E-state index is 0.0480. The summed E-state index contributed by atoms with van der Waals surface area (Å²) in [6.45, 7) is 6.41. The number of likely N-dealkylation sites (tertiary alicyclic amines) is 1. The second-order valence-electron chi connectivity index (χ2n) is 5.89. The Balaban J connectivity index is 2.48. The van der Waals surface area contributed by atoms with Crippen LogP contribution in [0.3, 0.4) is 0 Å². The Morgan fingerprint density at radius 1 is 1.44 bits per heavy atom. The molecule has 0 bridgehead atoms. The van der Waals surface area contributed by atoms with E-state index in [0.29, 0.717) is 6.54 Å². The summed E-state index contributed by atoms with van der Waals surface area (Å²) >= 11 is 0. The molecule has 1 saturated heterocycles. The second-order valence-corrected chi connectivity index (χ2v) is 5.89. The predicted molar refractivity (Wildman–Crippen MR) is 65.1 cm³/mol. The fourth-order valence-electron chi connectivity index (χ4n) is 1.92. The van der Waals surface area contributed by atoms with E-state index in [4.69, 9.17) is 5.11 Å². The Morgan fingerprint density at radius 3 is 2.56 bits per heavy atom. The quantitative estimate of drug-likeness (QED) is 0.810. The Labute approximate surface area is 106 Å². The van der Waals surface area contributed by atoms with Crippen LogP contribution in [0.2, 0.25) is 0 Å². The average Bonchev–Trinajstić information content (AvgIpc) is 2.58. The molecule has 0 aliphatic carbocycles. The summed E-state index contributed by atoms with van der Waals surface area (Å²) in [5, 5.41) is 11.6. The van der Waals surface area contributed by atoms with E-state index < -0.39 is 24.2 Å². The van der Waals surface area contributed by atoms with Crippen LogP contribution >= 0.6 is 0 Å². The van der Waals surface area contributed by atoms with Crippen molar-refractivity contribution >= 4 is 12.0 Å². The SMILES string of the molecule is CC(C)(C)CCNC(=O)[C@@H]1C[C@@H](F)CN1C(=O)O. The third kappa shape index (κ3) is 4.16. The number of amides is 2. The zero-order valence-corrected chi connectivity index (χ0v) is 11.1. The summed E-state index contributed by atoms with van der Waals surface area (Å²) < 4.78 is 13.2. The highest BCUT2D eigenvalue weighted by molar-refractivity contribution is 5.85. The first-order valence-electron chi connectivity index (χ1n) is 6.12. The summed E-state index contributed by atoms with van der Waals surface area (Å²) in [4.78, 5) is 23.6.